The Morgan fingerprint density at radius 2 is 2.29 bits per heavy atom. The molecule has 1 fully saturated rings. The van der Waals surface area contributed by atoms with Crippen molar-refractivity contribution < 1.29 is 14.2 Å². The maximum Gasteiger partial charge on any atom is 0.146 e. The zero-order valence-electron chi connectivity index (χ0n) is 10.2. The van der Waals surface area contributed by atoms with Crippen LogP contribution in [0.25, 0.3) is 0 Å². The van der Waals surface area contributed by atoms with Crippen molar-refractivity contribution in [2.24, 2.45) is 0 Å². The molecule has 3 nitrogen and oxygen atoms in total. The summed E-state index contributed by atoms with van der Waals surface area (Å²) in [7, 11) is 1.88. The number of nitrogens with zero attached hydrogens (tertiary/aromatic N) is 1. The van der Waals surface area contributed by atoms with Crippen LogP contribution in [0.15, 0.2) is 18.2 Å². The van der Waals surface area contributed by atoms with Gasteiger partial charge in [-0.05, 0) is 31.0 Å². The Bertz CT molecular complexity index is 397. The molecule has 0 amide bonds. The van der Waals surface area contributed by atoms with E-state index in [4.69, 9.17) is 9.84 Å². The second-order valence-electron chi connectivity index (χ2n) is 4.49. The van der Waals surface area contributed by atoms with Crippen molar-refractivity contribution in [1.82, 2.24) is 0 Å². The first-order valence-corrected chi connectivity index (χ1v) is 5.87. The first-order valence-electron chi connectivity index (χ1n) is 5.87. The molecule has 4 heteroatoms. The predicted octanol–water partition coefficient (Wildman–Crippen LogP) is 1.93. The molecule has 0 aliphatic carbocycles. The van der Waals surface area contributed by atoms with Crippen LogP contribution in [0.3, 0.4) is 0 Å². The van der Waals surface area contributed by atoms with Crippen molar-refractivity contribution in [3.05, 3.63) is 29.6 Å². The van der Waals surface area contributed by atoms with Gasteiger partial charge in [-0.15, -0.1) is 0 Å². The molecule has 2 rings (SSSR count). The highest BCUT2D eigenvalue weighted by atomic mass is 19.1. The number of aliphatic hydroxyl groups excluding tert-OH is 1. The van der Waals surface area contributed by atoms with Crippen LogP contribution in [-0.4, -0.2) is 30.9 Å². The lowest BCUT2D eigenvalue weighted by atomic mass is 10.1. The molecule has 2 atom stereocenters. The van der Waals surface area contributed by atoms with E-state index in [0.717, 1.165) is 13.0 Å². The molecule has 2 unspecified atom stereocenters. The lowest BCUT2D eigenvalue weighted by molar-refractivity contribution is 0.118. The Labute approximate surface area is 101 Å². The topological polar surface area (TPSA) is 32.7 Å². The van der Waals surface area contributed by atoms with Gasteiger partial charge in [0.05, 0.1) is 24.4 Å². The molecule has 1 aliphatic rings. The fourth-order valence-corrected chi connectivity index (χ4v) is 2.34. The molecule has 1 N–H and O–H groups in total. The van der Waals surface area contributed by atoms with Crippen LogP contribution < -0.4 is 4.90 Å². The van der Waals surface area contributed by atoms with Gasteiger partial charge in [0, 0.05) is 13.7 Å². The average Bonchev–Trinajstić information content (AvgIpc) is 2.74. The highest BCUT2D eigenvalue weighted by Gasteiger charge is 2.29. The summed E-state index contributed by atoms with van der Waals surface area (Å²) in [4.78, 5) is 1.92. The highest BCUT2D eigenvalue weighted by molar-refractivity contribution is 5.49. The van der Waals surface area contributed by atoms with Gasteiger partial charge in [0.25, 0.3) is 0 Å². The summed E-state index contributed by atoms with van der Waals surface area (Å²) >= 11 is 0. The third kappa shape index (κ3) is 2.42. The molecular formula is C13H18FNO2. The van der Waals surface area contributed by atoms with E-state index < -0.39 is 0 Å². The monoisotopic (exact) mass is 239 g/mol. The number of likely N-dealkylation sites (N-methyl/N-ethyl adjacent to an activating group) is 1. The number of rotatable bonds is 3. The largest absolute Gasteiger partial charge is 0.392 e. The number of aliphatic hydroxyl groups is 1. The minimum atomic E-state index is -0.293. The molecule has 1 aromatic carbocycles. The Kier molecular flexibility index (Phi) is 3.64. The molecule has 1 aromatic rings. The zero-order chi connectivity index (χ0) is 12.4. The molecule has 0 saturated carbocycles. The Morgan fingerprint density at radius 3 is 2.82 bits per heavy atom. The van der Waals surface area contributed by atoms with Crippen molar-refractivity contribution >= 4 is 5.69 Å². The van der Waals surface area contributed by atoms with E-state index in [-0.39, 0.29) is 24.6 Å². The summed E-state index contributed by atoms with van der Waals surface area (Å²) in [5.41, 5.74) is 1.15. The van der Waals surface area contributed by atoms with Gasteiger partial charge in [0.15, 0.2) is 0 Å². The fourth-order valence-electron chi connectivity index (χ4n) is 2.34. The predicted molar refractivity (Wildman–Crippen MR) is 64.5 cm³/mol. The van der Waals surface area contributed by atoms with E-state index >= 15 is 0 Å². The summed E-state index contributed by atoms with van der Waals surface area (Å²) in [5.74, 6) is -0.293. The van der Waals surface area contributed by atoms with Crippen LogP contribution in [0.2, 0.25) is 0 Å². The van der Waals surface area contributed by atoms with Crippen LogP contribution in [0.5, 0.6) is 0 Å². The van der Waals surface area contributed by atoms with Gasteiger partial charge < -0.3 is 14.7 Å². The average molecular weight is 239 g/mol. The molecule has 0 spiro atoms. The van der Waals surface area contributed by atoms with Crippen molar-refractivity contribution in [3.8, 4) is 0 Å². The van der Waals surface area contributed by atoms with Gasteiger partial charge in [-0.3, -0.25) is 0 Å². The summed E-state index contributed by atoms with van der Waals surface area (Å²) in [6.45, 7) is 2.60. The minimum absolute atomic E-state index is 0.122. The lowest BCUT2D eigenvalue weighted by Gasteiger charge is -2.29. The lowest BCUT2D eigenvalue weighted by Crippen LogP contribution is -2.37. The van der Waals surface area contributed by atoms with Gasteiger partial charge >= 0.3 is 0 Å². The van der Waals surface area contributed by atoms with Gasteiger partial charge in [0.1, 0.15) is 5.82 Å². The van der Waals surface area contributed by atoms with E-state index in [9.17, 15) is 4.39 Å². The number of hydrogen-bond acceptors (Lipinski definition) is 3. The smallest absolute Gasteiger partial charge is 0.146 e. The second-order valence-corrected chi connectivity index (χ2v) is 4.49. The third-order valence-electron chi connectivity index (χ3n) is 3.41. The van der Waals surface area contributed by atoms with Crippen LogP contribution >= 0.6 is 0 Å². The fraction of sp³-hybridized carbons (Fsp3) is 0.538. The number of ether oxygens (including phenoxy) is 1. The van der Waals surface area contributed by atoms with Crippen LogP contribution in [0.1, 0.15) is 18.9 Å². The van der Waals surface area contributed by atoms with Gasteiger partial charge in [-0.25, -0.2) is 4.39 Å². The number of hydrogen-bond donors (Lipinski definition) is 1. The minimum Gasteiger partial charge on any atom is -0.392 e. The van der Waals surface area contributed by atoms with E-state index in [1.54, 1.807) is 12.1 Å². The maximum atomic E-state index is 13.9. The first kappa shape index (κ1) is 12.3. The third-order valence-corrected chi connectivity index (χ3v) is 3.41. The number of benzene rings is 1. The van der Waals surface area contributed by atoms with Crippen molar-refractivity contribution in [2.45, 2.75) is 32.1 Å². The van der Waals surface area contributed by atoms with Gasteiger partial charge in [-0.1, -0.05) is 6.07 Å². The van der Waals surface area contributed by atoms with E-state index in [0.29, 0.717) is 11.3 Å². The summed E-state index contributed by atoms with van der Waals surface area (Å²) in [6, 6.07) is 5.05. The van der Waals surface area contributed by atoms with Crippen LogP contribution in [0, 0.1) is 5.82 Å². The number of halogens is 1. The van der Waals surface area contributed by atoms with Crippen molar-refractivity contribution in [3.63, 3.8) is 0 Å². The normalized spacial score (nSPS) is 24.0. The zero-order valence-corrected chi connectivity index (χ0v) is 10.2. The molecule has 17 heavy (non-hydrogen) atoms. The van der Waals surface area contributed by atoms with Gasteiger partial charge in [-0.2, -0.15) is 0 Å². The Hall–Kier alpha value is -1.13. The summed E-state index contributed by atoms with van der Waals surface area (Å²) < 4.78 is 19.4. The highest BCUT2D eigenvalue weighted by Crippen LogP contribution is 2.27. The molecular weight excluding hydrogens is 221 g/mol. The molecule has 94 valence electrons. The van der Waals surface area contributed by atoms with Crippen LogP contribution in [-0.2, 0) is 11.3 Å². The van der Waals surface area contributed by atoms with Gasteiger partial charge in [0.2, 0.25) is 0 Å². The Balaban J connectivity index is 2.21. The van der Waals surface area contributed by atoms with Crippen molar-refractivity contribution in [1.29, 1.82) is 0 Å². The first-order chi connectivity index (χ1) is 8.13. The summed E-state index contributed by atoms with van der Waals surface area (Å²) in [6.07, 6.45) is 1.04. The van der Waals surface area contributed by atoms with Crippen LogP contribution in [0.4, 0.5) is 10.1 Å². The molecule has 0 bridgehead atoms. The number of anilines is 1. The maximum absolute atomic E-state index is 13.9. The quantitative estimate of drug-likeness (QED) is 0.875. The second kappa shape index (κ2) is 5.02. The molecule has 0 aromatic heterocycles. The van der Waals surface area contributed by atoms with E-state index in [2.05, 4.69) is 0 Å². The standard InChI is InChI=1S/C13H18FNO2/c1-9-12(5-6-17-9)15(2)13-4-3-10(8-16)7-11(13)14/h3-4,7,9,12,16H,5-6,8H2,1-2H3. The Morgan fingerprint density at radius 1 is 1.53 bits per heavy atom. The summed E-state index contributed by atoms with van der Waals surface area (Å²) in [5, 5.41) is 8.94. The van der Waals surface area contributed by atoms with E-state index in [1.807, 2.05) is 18.9 Å². The molecule has 1 saturated heterocycles. The molecule has 0 radical (unpaired) electrons. The SMILES string of the molecule is CC1OCCC1N(C)c1ccc(CO)cc1F. The van der Waals surface area contributed by atoms with E-state index in [1.165, 1.54) is 6.07 Å². The molecule has 1 heterocycles. The van der Waals surface area contributed by atoms with Crippen molar-refractivity contribution in [2.75, 3.05) is 18.6 Å². The molecule has 1 aliphatic heterocycles.